The average molecular weight is 933 g/mol. The Bertz CT molecular complexity index is 2630. The Hall–Kier alpha value is -4.06. The predicted molar refractivity (Wildman–Crippen MR) is 216 cm³/mol. The van der Waals surface area contributed by atoms with Gasteiger partial charge in [-0.15, -0.1) is 35.4 Å². The largest absolute Gasteiger partial charge is 2.00 e. The van der Waals surface area contributed by atoms with Crippen LogP contribution in [0.15, 0.2) is 93.8 Å². The van der Waals surface area contributed by atoms with Crippen molar-refractivity contribution in [2.24, 2.45) is 4.99 Å². The van der Waals surface area contributed by atoms with Crippen LogP contribution in [0, 0.1) is 26.0 Å². The maximum atomic E-state index is 14.9. The number of hydrogen-bond acceptors (Lipinski definition) is 6. The summed E-state index contributed by atoms with van der Waals surface area (Å²) >= 11 is 0. The van der Waals surface area contributed by atoms with Gasteiger partial charge in [-0.3, -0.25) is 4.99 Å². The summed E-state index contributed by atoms with van der Waals surface area (Å²) in [5, 5.41) is 0. The number of hydrogen-bond donors (Lipinski definition) is 0. The number of pyridine rings is 1. The van der Waals surface area contributed by atoms with Gasteiger partial charge >= 0.3 is 21.1 Å². The van der Waals surface area contributed by atoms with E-state index in [1.807, 2.05) is 88.2 Å². The predicted octanol–water partition coefficient (Wildman–Crippen LogP) is 10.7. The number of aryl methyl sites for hydroxylation is 2. The van der Waals surface area contributed by atoms with Crippen molar-refractivity contribution in [2.75, 3.05) is 4.90 Å². The number of aliphatic imine (C=N–C) groups is 1. The zero-order valence-electron chi connectivity index (χ0n) is 35.4. The average Bonchev–Trinajstić information content (AvgIpc) is 3.48. The number of ether oxygens (including phenoxy) is 1. The fourth-order valence-corrected chi connectivity index (χ4v) is 9.50. The van der Waals surface area contributed by atoms with Gasteiger partial charge in [-0.1, -0.05) is 95.6 Å². The summed E-state index contributed by atoms with van der Waals surface area (Å²) in [5.74, 6) is 0.814. The number of aromatic nitrogens is 1. The van der Waals surface area contributed by atoms with Gasteiger partial charge in [0.1, 0.15) is 22.9 Å². The minimum atomic E-state index is -4.21. The third-order valence-corrected chi connectivity index (χ3v) is 13.3. The summed E-state index contributed by atoms with van der Waals surface area (Å²) < 4.78 is 55.2. The van der Waals surface area contributed by atoms with Crippen LogP contribution in [0.1, 0.15) is 121 Å². The third kappa shape index (κ3) is 6.03. The zero-order chi connectivity index (χ0) is 40.5. The van der Waals surface area contributed by atoms with Crippen molar-refractivity contribution in [1.82, 2.24) is 4.98 Å². The molecule has 0 radical (unpaired) electrons. The fourth-order valence-electron chi connectivity index (χ4n) is 8.25. The Morgan fingerprint density at radius 2 is 1.62 bits per heavy atom. The smallest absolute Gasteiger partial charge is 0.511 e. The molecule has 0 bridgehead atoms. The second-order valence-electron chi connectivity index (χ2n) is 17.3. The van der Waals surface area contributed by atoms with Gasteiger partial charge < -0.3 is 9.64 Å². The van der Waals surface area contributed by atoms with E-state index in [1.165, 1.54) is 0 Å². The molecule has 0 fully saturated rings. The molecule has 5 aromatic rings. The summed E-state index contributed by atoms with van der Waals surface area (Å²) in [5.41, 5.74) is 6.03. The Morgan fingerprint density at radius 1 is 0.891 bits per heavy atom. The third-order valence-electron chi connectivity index (χ3n) is 11.7. The molecule has 0 saturated heterocycles. The van der Waals surface area contributed by atoms with E-state index in [1.54, 1.807) is 19.1 Å². The first-order valence-corrected chi connectivity index (χ1v) is 20.2. The van der Waals surface area contributed by atoms with Crippen LogP contribution in [0.3, 0.4) is 0 Å². The molecule has 8 heteroatoms. The van der Waals surface area contributed by atoms with Crippen LogP contribution in [0.2, 0.25) is 0 Å². The van der Waals surface area contributed by atoms with Gasteiger partial charge in [0.25, 0.3) is 0 Å². The Morgan fingerprint density at radius 3 is 2.33 bits per heavy atom. The van der Waals surface area contributed by atoms with Crippen LogP contribution in [-0.4, -0.2) is 24.9 Å². The number of nitrogens with zero attached hydrogens (tertiary/aromatic N) is 3. The molecule has 1 aliphatic carbocycles. The maximum Gasteiger partial charge on any atom is 2.00 e. The zero-order valence-corrected chi connectivity index (χ0v) is 36.5. The van der Waals surface area contributed by atoms with Crippen molar-refractivity contribution >= 4 is 32.9 Å². The van der Waals surface area contributed by atoms with Crippen molar-refractivity contribution in [3.63, 3.8) is 0 Å². The molecular formula is C47H49N3O3PtS. The fraction of sp³-hybridized carbons (Fsp3) is 0.362. The number of benzene rings is 4. The molecule has 4 aromatic carbocycles. The summed E-state index contributed by atoms with van der Waals surface area (Å²) in [4.78, 5) is 11.9. The van der Waals surface area contributed by atoms with Crippen molar-refractivity contribution in [2.45, 2.75) is 120 Å². The molecule has 3 aliphatic rings. The molecule has 8 rings (SSSR count). The number of anilines is 3. The molecule has 0 N–H and O–H groups in total. The van der Waals surface area contributed by atoms with Gasteiger partial charge in [0.2, 0.25) is 0 Å². The number of para-hydroxylation sites is 1. The van der Waals surface area contributed by atoms with Crippen molar-refractivity contribution < 1.29 is 37.0 Å². The van der Waals surface area contributed by atoms with Crippen molar-refractivity contribution in [1.29, 1.82) is 0 Å². The Labute approximate surface area is 344 Å². The minimum Gasteiger partial charge on any atom is -0.511 e. The molecule has 286 valence electrons. The normalized spacial score (nSPS) is 22.3. The van der Waals surface area contributed by atoms with Gasteiger partial charge in [0, 0.05) is 21.0 Å². The molecular weight excluding hydrogens is 882 g/mol. The van der Waals surface area contributed by atoms with Gasteiger partial charge in [-0.2, -0.15) is 12.1 Å². The van der Waals surface area contributed by atoms with Gasteiger partial charge in [-0.25, -0.2) is 13.4 Å². The number of fused-ring (bicyclic) bond motifs is 5. The summed E-state index contributed by atoms with van der Waals surface area (Å²) in [7, 11) is -4.21. The monoisotopic (exact) mass is 932 g/mol. The first-order valence-electron chi connectivity index (χ1n) is 19.7. The molecule has 2 aliphatic heterocycles. The molecule has 0 unspecified atom stereocenters. The van der Waals surface area contributed by atoms with E-state index in [9.17, 15) is 11.2 Å². The van der Waals surface area contributed by atoms with E-state index in [0.717, 1.165) is 44.6 Å². The van der Waals surface area contributed by atoms with E-state index >= 15 is 0 Å². The van der Waals surface area contributed by atoms with Crippen molar-refractivity contribution in [3.05, 3.63) is 141 Å². The van der Waals surface area contributed by atoms with E-state index in [-0.39, 0.29) is 48.1 Å². The van der Waals surface area contributed by atoms with E-state index in [4.69, 9.17) is 14.7 Å². The quantitative estimate of drug-likeness (QED) is 0.164. The van der Waals surface area contributed by atoms with Crippen LogP contribution in [0.4, 0.5) is 17.2 Å². The van der Waals surface area contributed by atoms with Crippen molar-refractivity contribution in [3.8, 4) is 0 Å². The first-order chi connectivity index (χ1) is 26.0. The second kappa shape index (κ2) is 13.0. The van der Waals surface area contributed by atoms with E-state index in [0.29, 0.717) is 22.6 Å². The Kier molecular flexibility index (Phi) is 8.64. The summed E-state index contributed by atoms with van der Waals surface area (Å²) in [6, 6.07) is 29.9. The summed E-state index contributed by atoms with van der Waals surface area (Å²) in [6.45, 7) is 22.4. The van der Waals surface area contributed by atoms with Gasteiger partial charge in [-0.05, 0) is 100 Å². The van der Waals surface area contributed by atoms with E-state index < -0.39 is 32.8 Å². The van der Waals surface area contributed by atoms with Crippen LogP contribution in [-0.2, 0) is 58.4 Å². The molecule has 1 aromatic heterocycles. The minimum absolute atomic E-state index is 0. The second-order valence-corrected chi connectivity index (χ2v) is 19.2. The molecule has 2 atom stereocenters. The van der Waals surface area contributed by atoms with Gasteiger partial charge in [0.05, 0.1) is 0 Å². The van der Waals surface area contributed by atoms with Crippen LogP contribution < -0.4 is 4.90 Å². The number of sulfone groups is 1. The summed E-state index contributed by atoms with van der Waals surface area (Å²) in [6.07, 6.45) is -0.0655. The molecule has 0 amide bonds. The van der Waals surface area contributed by atoms with Crippen LogP contribution in [0.25, 0.3) is 0 Å². The molecule has 0 saturated carbocycles. The SMILES string of the molecule is [2H]C1([2H])c2c(C)cc(C)cc2[C@@]2(C)N=C(c3[c-]c(S(=O)(=O)c4[c-]c5c(cc4)C(C)(C)c4ccccc4N5c4cc(C(C)(C)C)ccn4)cc(C(C)C)c3)O[C@@]12C.[Pt+2]. The molecule has 0 spiro atoms. The topological polar surface area (TPSA) is 71.9 Å². The van der Waals surface area contributed by atoms with E-state index in [2.05, 4.69) is 65.0 Å². The van der Waals surface area contributed by atoms with Crippen LogP contribution in [0.5, 0.6) is 0 Å². The molecule has 3 heterocycles. The Balaban J connectivity index is 0.00000496. The number of rotatable bonds is 5. The molecule has 55 heavy (non-hydrogen) atoms. The maximum absolute atomic E-state index is 14.9. The van der Waals surface area contributed by atoms with Gasteiger partial charge in [0.15, 0.2) is 9.84 Å². The first kappa shape index (κ1) is 36.6. The molecule has 6 nitrogen and oxygen atoms in total. The van der Waals surface area contributed by atoms with Crippen LogP contribution >= 0.6 is 0 Å². The standard InChI is InChI=1S/C47H49N3O3S.Pt/c1-28(2)31-22-32(43-49-47(11)39-21-29(3)20-30(4)36(39)27-46(47,10)53-43)24-35(23-31)54(51,52)34-16-17-38-41(26-34)50(40-15-13-12-14-37(40)45(38,8)9)42-25-33(18-19-48-42)44(5,6)7;/h12-23,25,28H,27H2,1-11H3;/q-2;+2/t46-,47+;/m0./s1/i27D2;.